The number of methoxy groups -OCH3 is 1. The van der Waals surface area contributed by atoms with Crippen LogP contribution in [-0.2, 0) is 0 Å². The summed E-state index contributed by atoms with van der Waals surface area (Å²) in [5.74, 6) is 0.818. The Bertz CT molecular complexity index is 1190. The highest BCUT2D eigenvalue weighted by Crippen LogP contribution is 2.42. The van der Waals surface area contributed by atoms with E-state index in [-0.39, 0.29) is 12.1 Å². The molecule has 1 aliphatic rings. The number of hydrogen-bond acceptors (Lipinski definition) is 3. The largest absolute Gasteiger partial charge is 0.497 e. The zero-order valence-corrected chi connectivity index (χ0v) is 17.9. The first-order valence-electron chi connectivity index (χ1n) is 10.1. The average molecular weight is 427 g/mol. The average Bonchev–Trinajstić information content (AvgIpc) is 3.44. The van der Waals surface area contributed by atoms with Gasteiger partial charge in [-0.25, -0.2) is 0 Å². The first-order valence-corrected chi connectivity index (χ1v) is 10.5. The molecule has 0 aliphatic carbocycles. The van der Waals surface area contributed by atoms with Gasteiger partial charge in [-0.3, -0.25) is 4.98 Å². The molecule has 1 fully saturated rings. The number of nitrogens with one attached hydrogen (secondary N) is 1. The second-order valence-electron chi connectivity index (χ2n) is 7.34. The molecular weight excluding hydrogens is 404 g/mol. The van der Waals surface area contributed by atoms with Crippen LogP contribution in [0.2, 0.25) is 0 Å². The van der Waals surface area contributed by atoms with E-state index in [2.05, 4.69) is 56.3 Å². The number of aromatic nitrogens is 2. The Morgan fingerprint density at radius 3 is 2.48 bits per heavy atom. The van der Waals surface area contributed by atoms with Gasteiger partial charge < -0.3 is 19.5 Å². The van der Waals surface area contributed by atoms with Gasteiger partial charge in [0.05, 0.1) is 18.8 Å². The van der Waals surface area contributed by atoms with Gasteiger partial charge in [-0.1, -0.05) is 30.3 Å². The molecule has 5 nitrogen and oxygen atoms in total. The second-order valence-corrected chi connectivity index (χ2v) is 7.72. The Kier molecular flexibility index (Phi) is 5.14. The lowest BCUT2D eigenvalue weighted by Gasteiger charge is -2.29. The molecule has 0 unspecified atom stereocenters. The van der Waals surface area contributed by atoms with Gasteiger partial charge in [0.15, 0.2) is 5.11 Å². The number of hydrogen-bond donors (Lipinski definition) is 1. The van der Waals surface area contributed by atoms with E-state index in [1.165, 1.54) is 0 Å². The maximum Gasteiger partial charge on any atom is 0.174 e. The van der Waals surface area contributed by atoms with E-state index in [1.54, 1.807) is 7.11 Å². The van der Waals surface area contributed by atoms with Crippen LogP contribution >= 0.6 is 12.2 Å². The van der Waals surface area contributed by atoms with E-state index in [0.717, 1.165) is 28.5 Å². The van der Waals surface area contributed by atoms with Gasteiger partial charge in [0.2, 0.25) is 0 Å². The van der Waals surface area contributed by atoms with Crippen molar-refractivity contribution in [2.24, 2.45) is 0 Å². The number of ether oxygens (including phenoxy) is 1. The van der Waals surface area contributed by atoms with Crippen molar-refractivity contribution in [3.05, 3.63) is 109 Å². The summed E-state index contributed by atoms with van der Waals surface area (Å²) < 4.78 is 7.64. The van der Waals surface area contributed by atoms with Gasteiger partial charge >= 0.3 is 0 Å². The third-order valence-electron chi connectivity index (χ3n) is 5.55. The molecule has 0 saturated carbocycles. The molecule has 3 heterocycles. The number of anilines is 1. The molecule has 0 bridgehead atoms. The quantitative estimate of drug-likeness (QED) is 0.452. The van der Waals surface area contributed by atoms with E-state index < -0.39 is 0 Å². The van der Waals surface area contributed by atoms with Crippen molar-refractivity contribution in [1.29, 1.82) is 0 Å². The minimum atomic E-state index is -0.0897. The first-order chi connectivity index (χ1) is 15.3. The van der Waals surface area contributed by atoms with Crippen LogP contribution < -0.4 is 15.0 Å². The number of thiocarbonyl (C=S) groups is 1. The van der Waals surface area contributed by atoms with Crippen LogP contribution in [0.15, 0.2) is 97.3 Å². The van der Waals surface area contributed by atoms with E-state index in [4.69, 9.17) is 17.0 Å². The highest BCUT2D eigenvalue weighted by molar-refractivity contribution is 7.80. The second kappa shape index (κ2) is 8.24. The lowest BCUT2D eigenvalue weighted by molar-refractivity contribution is 0.414. The fourth-order valence-corrected chi connectivity index (χ4v) is 4.50. The number of rotatable bonds is 5. The molecular formula is C25H22N4OS. The van der Waals surface area contributed by atoms with Crippen LogP contribution in [0.3, 0.4) is 0 Å². The highest BCUT2D eigenvalue weighted by Gasteiger charge is 2.42. The topological polar surface area (TPSA) is 42.3 Å². The van der Waals surface area contributed by atoms with Crippen molar-refractivity contribution in [3.63, 3.8) is 0 Å². The van der Waals surface area contributed by atoms with E-state index in [9.17, 15) is 0 Å². The van der Waals surface area contributed by atoms with E-state index in [1.807, 2.05) is 60.8 Å². The lowest BCUT2D eigenvalue weighted by Crippen LogP contribution is -2.30. The zero-order valence-electron chi connectivity index (χ0n) is 17.1. The number of benzene rings is 2. The molecule has 4 aromatic rings. The highest BCUT2D eigenvalue weighted by atomic mass is 32.1. The smallest absolute Gasteiger partial charge is 0.174 e. The van der Waals surface area contributed by atoms with Crippen LogP contribution in [0, 0.1) is 0 Å². The standard InChI is InChI=1S/C25H22N4OS/c1-30-20-12-7-11-19(17-20)28-16-8-14-22(28)24-23(21-13-5-6-15-26-21)27-25(31)29(24)18-9-3-2-4-10-18/h2-17,23-24H,1H3,(H,27,31)/t23-,24+/m0/s1. The molecule has 5 rings (SSSR count). The predicted molar refractivity (Wildman–Crippen MR) is 127 cm³/mol. The summed E-state index contributed by atoms with van der Waals surface area (Å²) >= 11 is 5.81. The Labute approximate surface area is 186 Å². The maximum atomic E-state index is 5.81. The molecule has 154 valence electrons. The normalized spacial score (nSPS) is 18.1. The van der Waals surface area contributed by atoms with Crippen LogP contribution in [0.4, 0.5) is 5.69 Å². The van der Waals surface area contributed by atoms with E-state index in [0.29, 0.717) is 5.11 Å². The third kappa shape index (κ3) is 3.55. The summed E-state index contributed by atoms with van der Waals surface area (Å²) in [5, 5.41) is 4.20. The van der Waals surface area contributed by atoms with Crippen LogP contribution in [0.1, 0.15) is 23.5 Å². The van der Waals surface area contributed by atoms with Gasteiger partial charge in [0.1, 0.15) is 11.8 Å². The number of para-hydroxylation sites is 1. The summed E-state index contributed by atoms with van der Waals surface area (Å²) in [7, 11) is 1.68. The molecule has 1 N–H and O–H groups in total. The zero-order chi connectivity index (χ0) is 21.2. The molecule has 1 aliphatic heterocycles. The van der Waals surface area contributed by atoms with E-state index >= 15 is 0 Å². The van der Waals surface area contributed by atoms with Crippen molar-refractivity contribution >= 4 is 23.0 Å². The van der Waals surface area contributed by atoms with Gasteiger partial charge in [-0.05, 0) is 60.7 Å². The molecule has 31 heavy (non-hydrogen) atoms. The molecule has 6 heteroatoms. The van der Waals surface area contributed by atoms with Crippen LogP contribution in [0.5, 0.6) is 5.75 Å². The minimum Gasteiger partial charge on any atom is -0.497 e. The number of nitrogens with zero attached hydrogens (tertiary/aromatic N) is 3. The van der Waals surface area contributed by atoms with Gasteiger partial charge in [-0.15, -0.1) is 0 Å². The number of pyridine rings is 1. The summed E-state index contributed by atoms with van der Waals surface area (Å²) in [6.07, 6.45) is 3.90. The summed E-state index contributed by atoms with van der Waals surface area (Å²) in [5.41, 5.74) is 4.14. The van der Waals surface area contributed by atoms with Gasteiger partial charge in [0, 0.05) is 35.5 Å². The summed E-state index contributed by atoms with van der Waals surface area (Å²) in [4.78, 5) is 6.82. The Morgan fingerprint density at radius 1 is 0.903 bits per heavy atom. The Morgan fingerprint density at radius 2 is 1.71 bits per heavy atom. The van der Waals surface area contributed by atoms with Gasteiger partial charge in [-0.2, -0.15) is 0 Å². The molecule has 0 amide bonds. The molecule has 0 spiro atoms. The third-order valence-corrected chi connectivity index (χ3v) is 5.86. The lowest BCUT2D eigenvalue weighted by atomic mass is 10.0. The SMILES string of the molecule is COc1cccc(-n2cccc2[C@@H]2[C@H](c3ccccn3)NC(=S)N2c2ccccc2)c1. The summed E-state index contributed by atoms with van der Waals surface area (Å²) in [6.45, 7) is 0. The first kappa shape index (κ1) is 19.3. The van der Waals surface area contributed by atoms with Crippen molar-refractivity contribution < 1.29 is 4.74 Å². The molecule has 2 aromatic carbocycles. The predicted octanol–water partition coefficient (Wildman–Crippen LogP) is 5.06. The molecule has 1 saturated heterocycles. The summed E-state index contributed by atoms with van der Waals surface area (Å²) in [6, 6.07) is 28.3. The fraction of sp³-hybridized carbons (Fsp3) is 0.120. The molecule has 2 atom stereocenters. The van der Waals surface area contributed by atoms with Gasteiger partial charge in [0.25, 0.3) is 0 Å². The molecule has 2 aromatic heterocycles. The monoisotopic (exact) mass is 426 g/mol. The fourth-order valence-electron chi connectivity index (χ4n) is 4.15. The minimum absolute atomic E-state index is 0.0778. The Balaban J connectivity index is 1.66. The van der Waals surface area contributed by atoms with Crippen molar-refractivity contribution in [2.75, 3.05) is 12.0 Å². The van der Waals surface area contributed by atoms with Crippen molar-refractivity contribution in [3.8, 4) is 11.4 Å². The van der Waals surface area contributed by atoms with Crippen LogP contribution in [0.25, 0.3) is 5.69 Å². The Hall–Kier alpha value is -3.64. The van der Waals surface area contributed by atoms with Crippen molar-refractivity contribution in [2.45, 2.75) is 12.1 Å². The van der Waals surface area contributed by atoms with Crippen LogP contribution in [-0.4, -0.2) is 21.8 Å². The maximum absolute atomic E-state index is 5.81. The van der Waals surface area contributed by atoms with Crippen molar-refractivity contribution in [1.82, 2.24) is 14.9 Å². The molecule has 0 radical (unpaired) electrons.